The maximum Gasteiger partial charge on any atom is 0.323 e. The monoisotopic (exact) mass is 214 g/mol. The lowest BCUT2D eigenvalue weighted by Gasteiger charge is -2.32. The van der Waals surface area contributed by atoms with Crippen LogP contribution in [0.4, 0.5) is 0 Å². The molecule has 86 valence electrons. The number of carbonyl (C=O) groups is 2. The van der Waals surface area contributed by atoms with Crippen LogP contribution in [0.15, 0.2) is 0 Å². The van der Waals surface area contributed by atoms with E-state index in [1.54, 1.807) is 6.92 Å². The zero-order valence-electron chi connectivity index (χ0n) is 9.28. The molecule has 0 saturated heterocycles. The molecule has 0 aromatic rings. The lowest BCUT2D eigenvalue weighted by Crippen LogP contribution is -2.40. The van der Waals surface area contributed by atoms with Crippen molar-refractivity contribution in [1.29, 1.82) is 0 Å². The van der Waals surface area contributed by atoms with Crippen molar-refractivity contribution in [1.82, 2.24) is 0 Å². The minimum absolute atomic E-state index is 0.229. The number of hydrogen-bond donors (Lipinski definition) is 1. The Balaban J connectivity index is 2.67. The van der Waals surface area contributed by atoms with Crippen molar-refractivity contribution in [2.45, 2.75) is 39.5 Å². The van der Waals surface area contributed by atoms with E-state index in [0.29, 0.717) is 12.3 Å². The quantitative estimate of drug-likeness (QED) is 0.560. The average Bonchev–Trinajstić information content (AvgIpc) is 2.11. The van der Waals surface area contributed by atoms with Gasteiger partial charge in [0.15, 0.2) is 5.41 Å². The van der Waals surface area contributed by atoms with Crippen LogP contribution < -0.4 is 0 Å². The van der Waals surface area contributed by atoms with Crippen LogP contribution in [-0.2, 0) is 14.3 Å². The molecule has 0 bridgehead atoms. The van der Waals surface area contributed by atoms with Gasteiger partial charge in [-0.1, -0.05) is 19.3 Å². The predicted molar refractivity (Wildman–Crippen MR) is 54.3 cm³/mol. The van der Waals surface area contributed by atoms with Gasteiger partial charge in [-0.3, -0.25) is 9.59 Å². The minimum Gasteiger partial charge on any atom is -0.480 e. The Morgan fingerprint density at radius 3 is 2.40 bits per heavy atom. The number of ether oxygens (including phenoxy) is 1. The summed E-state index contributed by atoms with van der Waals surface area (Å²) >= 11 is 0. The van der Waals surface area contributed by atoms with Crippen molar-refractivity contribution in [3.05, 3.63) is 0 Å². The Kier molecular flexibility index (Phi) is 3.72. The van der Waals surface area contributed by atoms with Gasteiger partial charge in [0, 0.05) is 0 Å². The summed E-state index contributed by atoms with van der Waals surface area (Å²) in [7, 11) is 0. The number of carboxylic acids is 1. The van der Waals surface area contributed by atoms with Gasteiger partial charge in [-0.25, -0.2) is 0 Å². The molecule has 4 heteroatoms. The Labute approximate surface area is 89.6 Å². The van der Waals surface area contributed by atoms with Crippen LogP contribution in [-0.4, -0.2) is 23.7 Å². The molecule has 1 atom stereocenters. The normalized spacial score (nSPS) is 20.1. The van der Waals surface area contributed by atoms with Gasteiger partial charge < -0.3 is 9.84 Å². The number of aliphatic carboxylic acids is 1. The molecule has 0 heterocycles. The maximum atomic E-state index is 11.6. The fourth-order valence-electron chi connectivity index (χ4n) is 1.82. The average molecular weight is 214 g/mol. The second-order valence-corrected chi connectivity index (χ2v) is 4.36. The maximum absolute atomic E-state index is 11.6. The number of carbonyl (C=O) groups excluding carboxylic acids is 1. The second-order valence-electron chi connectivity index (χ2n) is 4.36. The summed E-state index contributed by atoms with van der Waals surface area (Å²) in [4.78, 5) is 22.7. The van der Waals surface area contributed by atoms with E-state index in [4.69, 9.17) is 9.84 Å². The molecule has 0 aliphatic heterocycles. The second kappa shape index (κ2) is 4.64. The molecule has 4 nitrogen and oxygen atoms in total. The highest BCUT2D eigenvalue weighted by atomic mass is 16.5. The van der Waals surface area contributed by atoms with Gasteiger partial charge >= 0.3 is 11.9 Å². The highest BCUT2D eigenvalue weighted by Crippen LogP contribution is 2.38. The largest absolute Gasteiger partial charge is 0.480 e. The smallest absolute Gasteiger partial charge is 0.323 e. The molecule has 0 amide bonds. The van der Waals surface area contributed by atoms with Crippen LogP contribution >= 0.6 is 0 Å². The molecule has 1 aliphatic rings. The van der Waals surface area contributed by atoms with E-state index in [1.165, 1.54) is 6.92 Å². The fourth-order valence-corrected chi connectivity index (χ4v) is 1.82. The summed E-state index contributed by atoms with van der Waals surface area (Å²) in [5, 5.41) is 9.10. The Bertz CT molecular complexity index is 257. The lowest BCUT2D eigenvalue weighted by atomic mass is 9.72. The van der Waals surface area contributed by atoms with E-state index in [1.807, 2.05) is 0 Å². The van der Waals surface area contributed by atoms with Gasteiger partial charge in [-0.15, -0.1) is 0 Å². The van der Waals surface area contributed by atoms with Gasteiger partial charge in [-0.2, -0.15) is 0 Å². The molecular formula is C11H18O4. The number of rotatable bonds is 5. The first kappa shape index (κ1) is 12.0. The van der Waals surface area contributed by atoms with E-state index in [-0.39, 0.29) is 6.61 Å². The van der Waals surface area contributed by atoms with Crippen LogP contribution in [0.5, 0.6) is 0 Å². The summed E-state index contributed by atoms with van der Waals surface area (Å²) in [6.45, 7) is 3.38. The molecule has 1 N–H and O–H groups in total. The molecule has 0 aromatic carbocycles. The first-order valence-corrected chi connectivity index (χ1v) is 5.41. The van der Waals surface area contributed by atoms with Crippen LogP contribution in [0.25, 0.3) is 0 Å². The third-order valence-electron chi connectivity index (χ3n) is 3.12. The molecule has 1 rings (SSSR count). The molecule has 1 unspecified atom stereocenters. The molecule has 0 aromatic heterocycles. The van der Waals surface area contributed by atoms with E-state index in [9.17, 15) is 9.59 Å². The van der Waals surface area contributed by atoms with E-state index >= 15 is 0 Å². The van der Waals surface area contributed by atoms with Gasteiger partial charge in [0.1, 0.15) is 0 Å². The fraction of sp³-hybridized carbons (Fsp3) is 0.818. The van der Waals surface area contributed by atoms with Gasteiger partial charge in [0.25, 0.3) is 0 Å². The first-order valence-electron chi connectivity index (χ1n) is 5.41. The summed E-state index contributed by atoms with van der Waals surface area (Å²) in [5.41, 5.74) is -1.36. The highest BCUT2D eigenvalue weighted by molar-refractivity contribution is 5.98. The van der Waals surface area contributed by atoms with Crippen LogP contribution in [0.2, 0.25) is 0 Å². The zero-order valence-corrected chi connectivity index (χ0v) is 9.28. The summed E-state index contributed by atoms with van der Waals surface area (Å²) in [6.07, 6.45) is 3.61. The van der Waals surface area contributed by atoms with Crippen LogP contribution in [0, 0.1) is 11.3 Å². The van der Waals surface area contributed by atoms with Gasteiger partial charge in [-0.05, 0) is 26.2 Å². The zero-order chi connectivity index (χ0) is 11.5. The Hall–Kier alpha value is -1.06. The van der Waals surface area contributed by atoms with Crippen molar-refractivity contribution >= 4 is 11.9 Å². The predicted octanol–water partition coefficient (Wildman–Crippen LogP) is 1.83. The summed E-state index contributed by atoms with van der Waals surface area (Å²) in [5.74, 6) is -1.31. The molecule has 1 aliphatic carbocycles. The lowest BCUT2D eigenvalue weighted by molar-refractivity contribution is -0.169. The van der Waals surface area contributed by atoms with Crippen molar-refractivity contribution in [2.24, 2.45) is 11.3 Å². The van der Waals surface area contributed by atoms with Gasteiger partial charge in [0.2, 0.25) is 0 Å². The van der Waals surface area contributed by atoms with Crippen molar-refractivity contribution in [3.8, 4) is 0 Å². The molecule has 15 heavy (non-hydrogen) atoms. The van der Waals surface area contributed by atoms with Crippen LogP contribution in [0.1, 0.15) is 39.5 Å². The third-order valence-corrected chi connectivity index (χ3v) is 3.12. The molecule has 0 radical (unpaired) electrons. The summed E-state index contributed by atoms with van der Waals surface area (Å²) < 4.78 is 4.82. The Morgan fingerprint density at radius 2 is 2.07 bits per heavy atom. The molecule has 0 spiro atoms. The molecule has 1 fully saturated rings. The van der Waals surface area contributed by atoms with Crippen molar-refractivity contribution in [2.75, 3.05) is 6.61 Å². The third kappa shape index (κ3) is 2.49. The molecular weight excluding hydrogens is 196 g/mol. The Morgan fingerprint density at radius 1 is 1.47 bits per heavy atom. The highest BCUT2D eigenvalue weighted by Gasteiger charge is 2.45. The number of hydrogen-bond acceptors (Lipinski definition) is 3. The topological polar surface area (TPSA) is 63.6 Å². The van der Waals surface area contributed by atoms with E-state index in [0.717, 1.165) is 19.3 Å². The minimum atomic E-state index is -1.36. The SMILES string of the molecule is CCOC(=O)C(C)(CC1CCC1)C(=O)O. The molecule has 1 saturated carbocycles. The van der Waals surface area contributed by atoms with E-state index < -0.39 is 17.4 Å². The van der Waals surface area contributed by atoms with Gasteiger partial charge in [0.05, 0.1) is 6.61 Å². The first-order chi connectivity index (χ1) is 7.00. The number of carboxylic acid groups (broad SMARTS) is 1. The van der Waals surface area contributed by atoms with E-state index in [2.05, 4.69) is 0 Å². The van der Waals surface area contributed by atoms with Crippen molar-refractivity contribution in [3.63, 3.8) is 0 Å². The summed E-state index contributed by atoms with van der Waals surface area (Å²) in [6, 6.07) is 0. The van der Waals surface area contributed by atoms with Crippen molar-refractivity contribution < 1.29 is 19.4 Å². The number of esters is 1. The standard InChI is InChI=1S/C11H18O4/c1-3-15-10(14)11(2,9(12)13)7-8-5-4-6-8/h8H,3-7H2,1-2H3,(H,12,13). The van der Waals surface area contributed by atoms with Crippen LogP contribution in [0.3, 0.4) is 0 Å².